The molecule has 0 atom stereocenters. The van der Waals surface area contributed by atoms with Crippen molar-refractivity contribution in [3.8, 4) is 0 Å². The highest BCUT2D eigenvalue weighted by Crippen LogP contribution is 2.21. The van der Waals surface area contributed by atoms with Crippen LogP contribution < -0.4 is 11.1 Å². The molecule has 4 nitrogen and oxygen atoms in total. The Balaban J connectivity index is 2.19. The summed E-state index contributed by atoms with van der Waals surface area (Å²) in [7, 11) is 0. The number of nitrogens with zero attached hydrogens (tertiary/aromatic N) is 1. The lowest BCUT2D eigenvalue weighted by atomic mass is 10.2. The molecule has 0 spiro atoms. The van der Waals surface area contributed by atoms with Crippen LogP contribution in [0.2, 0.25) is 5.15 Å². The van der Waals surface area contributed by atoms with Crippen molar-refractivity contribution in [3.63, 3.8) is 0 Å². The largest absolute Gasteiger partial charge is 0.398 e. The molecule has 0 unspecified atom stereocenters. The number of benzene rings is 1. The fourth-order valence-electron chi connectivity index (χ4n) is 1.35. The Morgan fingerprint density at radius 1 is 1.33 bits per heavy atom. The van der Waals surface area contributed by atoms with Gasteiger partial charge in [0.15, 0.2) is 0 Å². The van der Waals surface area contributed by atoms with E-state index < -0.39 is 0 Å². The van der Waals surface area contributed by atoms with Crippen LogP contribution >= 0.6 is 27.5 Å². The first-order chi connectivity index (χ1) is 8.56. The van der Waals surface area contributed by atoms with Gasteiger partial charge in [-0.05, 0) is 46.3 Å². The van der Waals surface area contributed by atoms with Gasteiger partial charge in [-0.3, -0.25) is 4.79 Å². The number of nitrogen functional groups attached to an aromatic ring is 1. The van der Waals surface area contributed by atoms with Crippen LogP contribution in [0.25, 0.3) is 0 Å². The zero-order chi connectivity index (χ0) is 13.1. The quantitative estimate of drug-likeness (QED) is 0.657. The fraction of sp³-hybridized carbons (Fsp3) is 0. The van der Waals surface area contributed by atoms with Gasteiger partial charge in [0.2, 0.25) is 0 Å². The summed E-state index contributed by atoms with van der Waals surface area (Å²) in [5.41, 5.74) is 7.33. The van der Waals surface area contributed by atoms with Crippen LogP contribution in [0.15, 0.2) is 41.0 Å². The van der Waals surface area contributed by atoms with Gasteiger partial charge in [-0.2, -0.15) is 0 Å². The maximum atomic E-state index is 12.0. The van der Waals surface area contributed by atoms with Crippen molar-refractivity contribution in [1.29, 1.82) is 0 Å². The lowest BCUT2D eigenvalue weighted by molar-refractivity contribution is 0.102. The maximum Gasteiger partial charge on any atom is 0.255 e. The van der Waals surface area contributed by atoms with Crippen molar-refractivity contribution >= 4 is 44.8 Å². The molecule has 0 fully saturated rings. The molecule has 0 aliphatic carbocycles. The normalized spacial score (nSPS) is 10.1. The molecule has 1 heterocycles. The highest BCUT2D eigenvalue weighted by atomic mass is 79.9. The van der Waals surface area contributed by atoms with E-state index in [4.69, 9.17) is 17.3 Å². The summed E-state index contributed by atoms with van der Waals surface area (Å²) in [4.78, 5) is 15.8. The Morgan fingerprint density at radius 2 is 2.11 bits per heavy atom. The fourth-order valence-corrected chi connectivity index (χ4v) is 1.90. The van der Waals surface area contributed by atoms with Crippen LogP contribution in [0.1, 0.15) is 10.4 Å². The van der Waals surface area contributed by atoms with Crippen molar-refractivity contribution in [1.82, 2.24) is 4.98 Å². The molecule has 1 aromatic carbocycles. The van der Waals surface area contributed by atoms with E-state index in [1.165, 1.54) is 6.20 Å². The monoisotopic (exact) mass is 325 g/mol. The van der Waals surface area contributed by atoms with Crippen molar-refractivity contribution in [2.24, 2.45) is 0 Å². The number of hydrogen-bond donors (Lipinski definition) is 2. The van der Waals surface area contributed by atoms with E-state index in [0.29, 0.717) is 26.6 Å². The Labute approximate surface area is 117 Å². The van der Waals surface area contributed by atoms with Gasteiger partial charge in [-0.1, -0.05) is 11.6 Å². The van der Waals surface area contributed by atoms with Crippen molar-refractivity contribution in [2.75, 3.05) is 11.1 Å². The predicted molar refractivity (Wildman–Crippen MR) is 75.8 cm³/mol. The Kier molecular flexibility index (Phi) is 3.84. The minimum absolute atomic E-state index is 0.238. The molecule has 2 rings (SSSR count). The third kappa shape index (κ3) is 3.00. The van der Waals surface area contributed by atoms with E-state index in [9.17, 15) is 4.79 Å². The second-order valence-electron chi connectivity index (χ2n) is 3.56. The molecule has 18 heavy (non-hydrogen) atoms. The van der Waals surface area contributed by atoms with Gasteiger partial charge in [0.25, 0.3) is 5.91 Å². The van der Waals surface area contributed by atoms with Crippen molar-refractivity contribution in [2.45, 2.75) is 0 Å². The summed E-state index contributed by atoms with van der Waals surface area (Å²) in [6.45, 7) is 0. The van der Waals surface area contributed by atoms with E-state index in [2.05, 4.69) is 26.2 Å². The Bertz CT molecular complexity index is 604. The molecule has 0 radical (unpaired) electrons. The standard InChI is InChI=1S/C12H9BrClN3O/c13-9-5-7(1-2-10(9)15)12(18)17-8-3-4-16-11(14)6-8/h1-6H,15H2,(H,16,17,18). The lowest BCUT2D eigenvalue weighted by Gasteiger charge is -2.06. The Hall–Kier alpha value is -1.59. The number of aromatic nitrogens is 1. The van der Waals surface area contributed by atoms with Gasteiger partial charge in [-0.25, -0.2) is 4.98 Å². The number of nitrogens with one attached hydrogen (secondary N) is 1. The summed E-state index contributed by atoms with van der Waals surface area (Å²) >= 11 is 9.01. The third-order valence-electron chi connectivity index (χ3n) is 2.25. The van der Waals surface area contributed by atoms with Crippen molar-refractivity contribution < 1.29 is 4.79 Å². The first kappa shape index (κ1) is 12.9. The van der Waals surface area contributed by atoms with E-state index >= 15 is 0 Å². The smallest absolute Gasteiger partial charge is 0.255 e. The average Bonchev–Trinajstić information content (AvgIpc) is 2.32. The van der Waals surface area contributed by atoms with Gasteiger partial charge in [0.05, 0.1) is 0 Å². The highest BCUT2D eigenvalue weighted by Gasteiger charge is 2.08. The Morgan fingerprint density at radius 3 is 2.78 bits per heavy atom. The second kappa shape index (κ2) is 5.37. The van der Waals surface area contributed by atoms with Gasteiger partial charge in [0.1, 0.15) is 5.15 Å². The first-order valence-corrected chi connectivity index (χ1v) is 6.21. The van der Waals surface area contributed by atoms with Crippen LogP contribution in [0.5, 0.6) is 0 Å². The number of carbonyl (C=O) groups excluding carboxylic acids is 1. The summed E-state index contributed by atoms with van der Waals surface area (Å²) < 4.78 is 0.683. The molecule has 0 bridgehead atoms. The van der Waals surface area contributed by atoms with Crippen LogP contribution in [0.3, 0.4) is 0 Å². The van der Waals surface area contributed by atoms with Gasteiger partial charge < -0.3 is 11.1 Å². The average molecular weight is 327 g/mol. The topological polar surface area (TPSA) is 68.0 Å². The van der Waals surface area contributed by atoms with Crippen LogP contribution in [0.4, 0.5) is 11.4 Å². The summed E-state index contributed by atoms with van der Waals surface area (Å²) in [5, 5.41) is 3.05. The highest BCUT2D eigenvalue weighted by molar-refractivity contribution is 9.10. The molecule has 0 aliphatic heterocycles. The number of anilines is 2. The minimum Gasteiger partial charge on any atom is -0.398 e. The molecule has 1 amide bonds. The van der Waals surface area contributed by atoms with Gasteiger partial charge >= 0.3 is 0 Å². The molecule has 1 aromatic heterocycles. The number of nitrogens with two attached hydrogens (primary N) is 1. The minimum atomic E-state index is -0.238. The molecule has 2 aromatic rings. The lowest BCUT2D eigenvalue weighted by Crippen LogP contribution is -2.12. The molecule has 0 aliphatic rings. The van der Waals surface area contributed by atoms with E-state index in [0.717, 1.165) is 0 Å². The molecule has 0 saturated carbocycles. The zero-order valence-electron chi connectivity index (χ0n) is 9.15. The molecule has 0 saturated heterocycles. The summed E-state index contributed by atoms with van der Waals surface area (Å²) in [6.07, 6.45) is 1.52. The van der Waals surface area contributed by atoms with Gasteiger partial charge in [0, 0.05) is 27.6 Å². The van der Waals surface area contributed by atoms with Crippen LogP contribution in [-0.4, -0.2) is 10.9 Å². The summed E-state index contributed by atoms with van der Waals surface area (Å²) in [6, 6.07) is 8.21. The van der Waals surface area contributed by atoms with Crippen molar-refractivity contribution in [3.05, 3.63) is 51.7 Å². The van der Waals surface area contributed by atoms with E-state index in [-0.39, 0.29) is 5.91 Å². The van der Waals surface area contributed by atoms with E-state index in [1.807, 2.05) is 0 Å². The number of amides is 1. The molecule has 92 valence electrons. The predicted octanol–water partition coefficient (Wildman–Crippen LogP) is 3.33. The molecular weight excluding hydrogens is 318 g/mol. The molecule has 3 N–H and O–H groups in total. The number of carbonyl (C=O) groups is 1. The number of rotatable bonds is 2. The molecule has 6 heteroatoms. The maximum absolute atomic E-state index is 12.0. The number of hydrogen-bond acceptors (Lipinski definition) is 3. The van der Waals surface area contributed by atoms with E-state index in [1.54, 1.807) is 30.3 Å². The first-order valence-electron chi connectivity index (χ1n) is 5.04. The second-order valence-corrected chi connectivity index (χ2v) is 4.80. The van der Waals surface area contributed by atoms with Gasteiger partial charge in [-0.15, -0.1) is 0 Å². The number of halogens is 2. The van der Waals surface area contributed by atoms with Crippen LogP contribution in [0, 0.1) is 0 Å². The van der Waals surface area contributed by atoms with Crippen LogP contribution in [-0.2, 0) is 0 Å². The number of pyridine rings is 1. The summed E-state index contributed by atoms with van der Waals surface area (Å²) in [5.74, 6) is -0.238. The zero-order valence-corrected chi connectivity index (χ0v) is 11.5. The molecular formula is C12H9BrClN3O. The SMILES string of the molecule is Nc1ccc(C(=O)Nc2ccnc(Cl)c2)cc1Br. The third-order valence-corrected chi connectivity index (χ3v) is 3.14.